The van der Waals surface area contributed by atoms with Crippen LogP contribution in [-0.2, 0) is 38.8 Å². The van der Waals surface area contributed by atoms with Crippen molar-refractivity contribution in [3.63, 3.8) is 0 Å². The zero-order chi connectivity index (χ0) is 48.8. The van der Waals surface area contributed by atoms with Crippen molar-refractivity contribution in [2.45, 2.75) is 28.3 Å². The molecule has 0 fully saturated rings. The molecule has 6 aromatic rings. The third-order valence-electron chi connectivity index (χ3n) is 9.07. The number of aliphatic carboxylic acids is 3. The van der Waals surface area contributed by atoms with Gasteiger partial charge in [0.05, 0.1) is 23.4 Å². The van der Waals surface area contributed by atoms with Gasteiger partial charge >= 0.3 is 77.0 Å². The Morgan fingerprint density at radius 1 is 0.657 bits per heavy atom. The largest absolute Gasteiger partial charge is 1.00 e. The van der Waals surface area contributed by atoms with Crippen LogP contribution < -0.4 is 96.3 Å². The van der Waals surface area contributed by atoms with Gasteiger partial charge in [-0.05, 0) is 77.9 Å². The van der Waals surface area contributed by atoms with Crippen molar-refractivity contribution < 1.29 is 127 Å². The Bertz CT molecular complexity index is 2950. The first kappa shape index (κ1) is 56.3. The van der Waals surface area contributed by atoms with Crippen LogP contribution in [0.15, 0.2) is 137 Å². The van der Waals surface area contributed by atoms with Crippen LogP contribution >= 0.6 is 12.0 Å². The minimum Gasteiger partial charge on any atom is -0.744 e. The number of para-hydroxylation sites is 2. The van der Waals surface area contributed by atoms with Crippen LogP contribution in [-0.4, -0.2) is 78.5 Å². The van der Waals surface area contributed by atoms with Crippen molar-refractivity contribution in [1.29, 1.82) is 0 Å². The van der Waals surface area contributed by atoms with Gasteiger partial charge in [0.25, 0.3) is 0 Å². The summed E-state index contributed by atoms with van der Waals surface area (Å²) in [5, 5.41) is 69.4. The fraction of sp³-hybridized carbons (Fsp3) is 0.0698. The normalized spacial score (nSPS) is 11.7. The predicted molar refractivity (Wildman–Crippen MR) is 245 cm³/mol. The number of hydrogen-bond acceptors (Lipinski definition) is 21. The van der Waals surface area contributed by atoms with Crippen LogP contribution in [0.25, 0.3) is 12.2 Å². The summed E-state index contributed by atoms with van der Waals surface area (Å²) in [6.45, 7) is 3.35. The molecule has 2 atom stereocenters. The first-order chi connectivity index (χ1) is 32.6. The molecule has 352 valence electrons. The number of rotatable bonds is 24. The molecule has 5 aromatic carbocycles. The minimum absolute atomic E-state index is 0. The van der Waals surface area contributed by atoms with Gasteiger partial charge in [0, 0.05) is 44.7 Å². The van der Waals surface area contributed by atoms with Crippen LogP contribution in [0.3, 0.4) is 0 Å². The summed E-state index contributed by atoms with van der Waals surface area (Å²) < 4.78 is 42.6. The van der Waals surface area contributed by atoms with E-state index in [0.717, 1.165) is 6.07 Å². The summed E-state index contributed by atoms with van der Waals surface area (Å²) in [6.07, 6.45) is 2.05. The second kappa shape index (κ2) is 26.6. The van der Waals surface area contributed by atoms with Crippen LogP contribution in [0.4, 0.5) is 57.7 Å². The Morgan fingerprint density at radius 3 is 1.71 bits per heavy atom. The molecule has 0 saturated carbocycles. The average Bonchev–Trinajstić information content (AvgIpc) is 3.29. The molecule has 0 aliphatic rings. The van der Waals surface area contributed by atoms with Crippen LogP contribution in [0.1, 0.15) is 17.5 Å². The molecule has 0 spiro atoms. The van der Waals surface area contributed by atoms with E-state index >= 15 is 0 Å². The van der Waals surface area contributed by atoms with E-state index in [1.165, 1.54) is 24.3 Å². The van der Waals surface area contributed by atoms with Gasteiger partial charge in [0.2, 0.25) is 17.8 Å². The number of anilines is 10. The molecular formula is C43H37N9Na2O14S2. The number of carbonyl (C=O) groups is 3. The number of hydrogen-bond donors (Lipinski definition) is 10. The molecule has 0 amide bonds. The van der Waals surface area contributed by atoms with Gasteiger partial charge in [-0.1, -0.05) is 67.3 Å². The predicted octanol–water partition coefficient (Wildman–Crippen LogP) is 0.367. The van der Waals surface area contributed by atoms with Crippen LogP contribution in [0.2, 0.25) is 0 Å². The molecule has 0 saturated heterocycles. The fourth-order valence-electron chi connectivity index (χ4n) is 6.10. The Kier molecular flexibility index (Phi) is 21.4. The molecule has 10 N–H and O–H groups in total. The molecule has 2 unspecified atom stereocenters. The molecule has 0 radical (unpaired) electrons. The number of carboxylic acid groups (broad SMARTS) is 3. The van der Waals surface area contributed by atoms with Gasteiger partial charge in [-0.25, -0.2) is 23.3 Å². The molecule has 70 heavy (non-hydrogen) atoms. The van der Waals surface area contributed by atoms with Gasteiger partial charge in [-0.3, -0.25) is 9.83 Å². The third kappa shape index (κ3) is 16.7. The second-order valence-corrected chi connectivity index (χ2v) is 16.0. The molecule has 27 heteroatoms. The Hall–Kier alpha value is -6.30. The zero-order valence-electron chi connectivity index (χ0n) is 36.7. The molecular weight excluding hydrogens is 977 g/mol. The first-order valence-corrected chi connectivity index (χ1v) is 21.6. The number of carboxylic acids is 3. The maximum atomic E-state index is 12.7. The SMILES string of the molecule is C=C(OO)C(Nc1nc(Nc2ccccc2)nc(Nc2ccc(C=Cc3ccc(Nc4cc(Nc5ccccc5)cc(NC(CC(=O)O)C(=O)O)c4)cc3SOO[O-])c(S(=O)(=O)[O-])c2)n1)C(=O)O.[Na+].[Na+]. The molecule has 0 aliphatic heterocycles. The van der Waals surface area contributed by atoms with Crippen molar-refractivity contribution >= 4 is 110 Å². The molecule has 1 heterocycles. The van der Waals surface area contributed by atoms with E-state index in [-0.39, 0.29) is 98.8 Å². The van der Waals surface area contributed by atoms with Crippen LogP contribution in [0, 0.1) is 0 Å². The number of nitrogens with zero attached hydrogens (tertiary/aromatic N) is 3. The van der Waals surface area contributed by atoms with E-state index in [1.54, 1.807) is 91.0 Å². The molecule has 6 rings (SSSR count). The van der Waals surface area contributed by atoms with Crippen molar-refractivity contribution in [2.24, 2.45) is 0 Å². The molecule has 0 aliphatic carbocycles. The average molecular weight is 1010 g/mol. The number of nitrogens with one attached hydrogen (secondary N) is 6. The Morgan fingerprint density at radius 2 is 1.17 bits per heavy atom. The van der Waals surface area contributed by atoms with Gasteiger partial charge in [0.15, 0.2) is 11.8 Å². The Balaban J connectivity index is 0.00000533. The van der Waals surface area contributed by atoms with Gasteiger partial charge in [0.1, 0.15) is 16.2 Å². The van der Waals surface area contributed by atoms with Crippen molar-refractivity contribution in [1.82, 2.24) is 15.0 Å². The zero-order valence-corrected chi connectivity index (χ0v) is 42.4. The molecule has 1 aromatic heterocycles. The van der Waals surface area contributed by atoms with E-state index in [2.05, 4.69) is 67.7 Å². The summed E-state index contributed by atoms with van der Waals surface area (Å²) >= 11 is 0.509. The van der Waals surface area contributed by atoms with E-state index in [1.807, 2.05) is 6.07 Å². The second-order valence-electron chi connectivity index (χ2n) is 14.0. The van der Waals surface area contributed by atoms with E-state index < -0.39 is 57.2 Å². The standard InChI is InChI=1S/C43H39N9O14S2.2Na/c1-24(64-59)38(40(57)58)49-43-51-41(47-28-10-6-3-7-11-28)50-42(52-43)48-30-17-15-26(36(22-30)68(61,62)63)13-12-25-14-16-29(21-35(25)67-66-65-60)45-32-18-31(44-27-8-4-2-5-9-27)19-33(20-32)46-34(39(55)56)23-37(53)54;;/h2-22,34,38,44-46,59-60H,1,23H2,(H,53,54)(H,55,56)(H,57,58)(H,61,62,63)(H3,47,48,49,50,51,52);;/q;2*+1/p-2. The minimum atomic E-state index is -5.16. The summed E-state index contributed by atoms with van der Waals surface area (Å²) in [4.78, 5) is 51.3. The third-order valence-corrected chi connectivity index (χ3v) is 10.6. The number of aromatic nitrogens is 3. The fourth-order valence-corrected chi connectivity index (χ4v) is 7.30. The van der Waals surface area contributed by atoms with Crippen molar-refractivity contribution in [3.8, 4) is 0 Å². The summed E-state index contributed by atoms with van der Waals surface area (Å²) in [6, 6.07) is 27.7. The topological polar surface area (TPSA) is 351 Å². The van der Waals surface area contributed by atoms with Gasteiger partial charge < -0.3 is 61.9 Å². The summed E-state index contributed by atoms with van der Waals surface area (Å²) in [5.74, 6) is -5.51. The monoisotopic (exact) mass is 1010 g/mol. The van der Waals surface area contributed by atoms with E-state index in [9.17, 15) is 47.9 Å². The van der Waals surface area contributed by atoms with Crippen LogP contribution in [0.5, 0.6) is 0 Å². The number of benzene rings is 5. The maximum absolute atomic E-state index is 12.7. The summed E-state index contributed by atoms with van der Waals surface area (Å²) in [5.41, 5.74) is 3.10. The van der Waals surface area contributed by atoms with E-state index in [4.69, 9.17) is 5.26 Å². The van der Waals surface area contributed by atoms with Crippen molar-refractivity contribution in [3.05, 3.63) is 139 Å². The smallest absolute Gasteiger partial charge is 0.744 e. The van der Waals surface area contributed by atoms with E-state index in [0.29, 0.717) is 46.0 Å². The summed E-state index contributed by atoms with van der Waals surface area (Å²) in [7, 11) is -5.16. The first-order valence-electron chi connectivity index (χ1n) is 19.4. The van der Waals surface area contributed by atoms with Gasteiger partial charge in [-0.2, -0.15) is 19.3 Å². The molecule has 0 bridgehead atoms. The maximum Gasteiger partial charge on any atom is 1.00 e. The quantitative estimate of drug-likeness (QED) is 0.00744. The Labute approximate surface area is 446 Å². The van der Waals surface area contributed by atoms with Gasteiger partial charge in [-0.15, -0.1) is 0 Å². The van der Waals surface area contributed by atoms with Crippen molar-refractivity contribution in [2.75, 3.05) is 31.9 Å². The molecule has 23 nitrogen and oxygen atoms in total.